The van der Waals surface area contributed by atoms with E-state index >= 15 is 0 Å². The van der Waals surface area contributed by atoms with E-state index < -0.39 is 0 Å². The second-order valence-corrected chi connectivity index (χ2v) is 4.97. The van der Waals surface area contributed by atoms with Crippen LogP contribution in [-0.2, 0) is 14.3 Å². The molecular formula is C14H28N2O3. The van der Waals surface area contributed by atoms with Gasteiger partial charge in [-0.25, -0.2) is 0 Å². The first-order chi connectivity index (χ1) is 9.27. The minimum Gasteiger partial charge on any atom is -0.379 e. The van der Waals surface area contributed by atoms with Gasteiger partial charge in [-0.1, -0.05) is 0 Å². The molecule has 0 aromatic rings. The molecule has 0 saturated carbocycles. The average Bonchev–Trinajstić information content (AvgIpc) is 2.45. The molecule has 0 unspecified atom stereocenters. The molecule has 1 aliphatic heterocycles. The van der Waals surface area contributed by atoms with Gasteiger partial charge in [0.1, 0.15) is 6.61 Å². The Kier molecular flexibility index (Phi) is 8.79. The van der Waals surface area contributed by atoms with Gasteiger partial charge in [0.2, 0.25) is 5.91 Å². The molecule has 0 atom stereocenters. The van der Waals surface area contributed by atoms with Crippen molar-refractivity contribution < 1.29 is 14.3 Å². The lowest BCUT2D eigenvalue weighted by Crippen LogP contribution is -2.41. The van der Waals surface area contributed by atoms with Crippen LogP contribution in [0.5, 0.6) is 0 Å². The van der Waals surface area contributed by atoms with Crippen molar-refractivity contribution in [1.82, 2.24) is 10.2 Å². The van der Waals surface area contributed by atoms with Gasteiger partial charge in [0.05, 0.1) is 13.2 Å². The number of rotatable bonds is 9. The van der Waals surface area contributed by atoms with Crippen molar-refractivity contribution in [3.8, 4) is 0 Å². The largest absolute Gasteiger partial charge is 0.379 e. The summed E-state index contributed by atoms with van der Waals surface area (Å²) < 4.78 is 10.5. The molecule has 0 aliphatic carbocycles. The Balaban J connectivity index is 2.07. The van der Waals surface area contributed by atoms with Crippen molar-refractivity contribution in [3.63, 3.8) is 0 Å². The van der Waals surface area contributed by atoms with E-state index in [0.29, 0.717) is 19.8 Å². The van der Waals surface area contributed by atoms with Crippen LogP contribution >= 0.6 is 0 Å². The molecule has 1 heterocycles. The van der Waals surface area contributed by atoms with Gasteiger partial charge < -0.3 is 19.7 Å². The number of piperidine rings is 1. The predicted molar refractivity (Wildman–Crippen MR) is 75.2 cm³/mol. The summed E-state index contributed by atoms with van der Waals surface area (Å²) in [7, 11) is 1.98. The normalized spacial score (nSPS) is 16.8. The zero-order chi connectivity index (χ0) is 13.9. The van der Waals surface area contributed by atoms with Crippen LogP contribution in [-0.4, -0.2) is 63.9 Å². The third kappa shape index (κ3) is 6.89. The van der Waals surface area contributed by atoms with Gasteiger partial charge in [-0.2, -0.15) is 0 Å². The molecule has 1 amide bonds. The second-order valence-electron chi connectivity index (χ2n) is 4.97. The number of amides is 1. The maximum absolute atomic E-state index is 11.9. The van der Waals surface area contributed by atoms with E-state index in [1.807, 2.05) is 18.9 Å². The van der Waals surface area contributed by atoms with E-state index in [1.54, 1.807) is 0 Å². The number of carbonyl (C=O) groups is 1. The van der Waals surface area contributed by atoms with Gasteiger partial charge in [-0.3, -0.25) is 4.79 Å². The lowest BCUT2D eigenvalue weighted by Gasteiger charge is -2.32. The van der Waals surface area contributed by atoms with Crippen molar-refractivity contribution in [2.24, 2.45) is 5.92 Å². The molecule has 19 heavy (non-hydrogen) atoms. The summed E-state index contributed by atoms with van der Waals surface area (Å²) >= 11 is 0. The minimum absolute atomic E-state index is 0.114. The van der Waals surface area contributed by atoms with E-state index in [9.17, 15) is 4.79 Å². The maximum atomic E-state index is 11.9. The maximum Gasteiger partial charge on any atom is 0.248 e. The number of hydrogen-bond acceptors (Lipinski definition) is 4. The van der Waals surface area contributed by atoms with Crippen molar-refractivity contribution in [2.75, 3.05) is 53.1 Å². The Morgan fingerprint density at radius 2 is 1.95 bits per heavy atom. The fourth-order valence-electron chi connectivity index (χ4n) is 2.33. The molecule has 0 radical (unpaired) electrons. The molecule has 112 valence electrons. The van der Waals surface area contributed by atoms with Gasteiger partial charge in [0.15, 0.2) is 0 Å². The quantitative estimate of drug-likeness (QED) is 0.633. The van der Waals surface area contributed by atoms with E-state index in [1.165, 1.54) is 6.42 Å². The topological polar surface area (TPSA) is 50.8 Å². The number of ether oxygens (including phenoxy) is 2. The highest BCUT2D eigenvalue weighted by molar-refractivity contribution is 5.77. The lowest BCUT2D eigenvalue weighted by atomic mass is 9.93. The molecule has 0 spiro atoms. The Morgan fingerprint density at radius 1 is 1.26 bits per heavy atom. The molecule has 1 N–H and O–H groups in total. The summed E-state index contributed by atoms with van der Waals surface area (Å²) in [5, 5.41) is 3.18. The van der Waals surface area contributed by atoms with E-state index in [4.69, 9.17) is 9.47 Å². The first-order valence-electron chi connectivity index (χ1n) is 7.35. The molecule has 0 aromatic heterocycles. The van der Waals surface area contributed by atoms with Crippen LogP contribution < -0.4 is 5.32 Å². The molecule has 5 heteroatoms. The Labute approximate surface area is 116 Å². The summed E-state index contributed by atoms with van der Waals surface area (Å²) in [6.07, 6.45) is 3.45. The highest BCUT2D eigenvalue weighted by atomic mass is 16.5. The standard InChI is InChI=1S/C14H28N2O3/c1-3-18-10-11-19-12-14(17)16-8-5-13(6-9-16)4-7-15-2/h13,15H,3-12H2,1-2H3. The highest BCUT2D eigenvalue weighted by Crippen LogP contribution is 2.19. The molecule has 0 aromatic carbocycles. The van der Waals surface area contributed by atoms with Gasteiger partial charge in [0, 0.05) is 19.7 Å². The Bertz CT molecular complexity index is 241. The highest BCUT2D eigenvalue weighted by Gasteiger charge is 2.22. The Hall–Kier alpha value is -0.650. The van der Waals surface area contributed by atoms with Crippen LogP contribution in [0, 0.1) is 5.92 Å². The van der Waals surface area contributed by atoms with Crippen molar-refractivity contribution >= 4 is 5.91 Å². The zero-order valence-electron chi connectivity index (χ0n) is 12.3. The van der Waals surface area contributed by atoms with Crippen LogP contribution in [0.3, 0.4) is 0 Å². The van der Waals surface area contributed by atoms with Crippen LogP contribution in [0.25, 0.3) is 0 Å². The summed E-state index contributed by atoms with van der Waals surface area (Å²) in [6, 6.07) is 0. The molecular weight excluding hydrogens is 244 g/mol. The van der Waals surface area contributed by atoms with Crippen molar-refractivity contribution in [3.05, 3.63) is 0 Å². The summed E-state index contributed by atoms with van der Waals surface area (Å²) in [5.74, 6) is 0.874. The fourth-order valence-corrected chi connectivity index (χ4v) is 2.33. The number of carbonyl (C=O) groups excluding carboxylic acids is 1. The van der Waals surface area contributed by atoms with Gasteiger partial charge in [0.25, 0.3) is 0 Å². The van der Waals surface area contributed by atoms with Crippen molar-refractivity contribution in [2.45, 2.75) is 26.2 Å². The second kappa shape index (κ2) is 10.2. The Morgan fingerprint density at radius 3 is 2.58 bits per heavy atom. The molecule has 5 nitrogen and oxygen atoms in total. The van der Waals surface area contributed by atoms with E-state index in [0.717, 1.165) is 38.4 Å². The summed E-state index contributed by atoms with van der Waals surface area (Å²) in [4.78, 5) is 13.8. The summed E-state index contributed by atoms with van der Waals surface area (Å²) in [5.41, 5.74) is 0. The molecule has 1 rings (SSSR count). The van der Waals surface area contributed by atoms with Gasteiger partial charge >= 0.3 is 0 Å². The first kappa shape index (κ1) is 16.4. The number of nitrogens with one attached hydrogen (secondary N) is 1. The third-order valence-electron chi connectivity index (χ3n) is 3.57. The van der Waals surface area contributed by atoms with Gasteiger partial charge in [-0.05, 0) is 45.7 Å². The number of hydrogen-bond donors (Lipinski definition) is 1. The molecule has 1 aliphatic rings. The lowest BCUT2D eigenvalue weighted by molar-refractivity contribution is -0.138. The van der Waals surface area contributed by atoms with Crippen LogP contribution in [0.4, 0.5) is 0 Å². The molecule has 1 saturated heterocycles. The smallest absolute Gasteiger partial charge is 0.248 e. The van der Waals surface area contributed by atoms with E-state index in [2.05, 4.69) is 5.32 Å². The average molecular weight is 272 g/mol. The first-order valence-corrected chi connectivity index (χ1v) is 7.35. The van der Waals surface area contributed by atoms with Crippen LogP contribution in [0.2, 0.25) is 0 Å². The third-order valence-corrected chi connectivity index (χ3v) is 3.57. The predicted octanol–water partition coefficient (Wildman–Crippen LogP) is 0.888. The molecule has 1 fully saturated rings. The number of likely N-dealkylation sites (tertiary alicyclic amines) is 1. The van der Waals surface area contributed by atoms with Gasteiger partial charge in [-0.15, -0.1) is 0 Å². The van der Waals surface area contributed by atoms with Crippen LogP contribution in [0.15, 0.2) is 0 Å². The van der Waals surface area contributed by atoms with Crippen LogP contribution in [0.1, 0.15) is 26.2 Å². The summed E-state index contributed by atoms with van der Waals surface area (Å²) in [6.45, 7) is 6.71. The van der Waals surface area contributed by atoms with E-state index in [-0.39, 0.29) is 12.5 Å². The SMILES string of the molecule is CCOCCOCC(=O)N1CCC(CCNC)CC1. The monoisotopic (exact) mass is 272 g/mol. The molecule has 0 bridgehead atoms. The minimum atomic E-state index is 0.114. The zero-order valence-corrected chi connectivity index (χ0v) is 12.3. The number of nitrogens with zero attached hydrogens (tertiary/aromatic N) is 1. The van der Waals surface area contributed by atoms with Crippen molar-refractivity contribution in [1.29, 1.82) is 0 Å². The fraction of sp³-hybridized carbons (Fsp3) is 0.929.